The van der Waals surface area contributed by atoms with Gasteiger partial charge in [0.1, 0.15) is 0 Å². The lowest BCUT2D eigenvalue weighted by atomic mass is 10.4. The van der Waals surface area contributed by atoms with E-state index in [0.29, 0.717) is 4.47 Å². The maximum Gasteiger partial charge on any atom is 0.242 e. The van der Waals surface area contributed by atoms with Crippen molar-refractivity contribution in [3.8, 4) is 0 Å². The predicted molar refractivity (Wildman–Crippen MR) is 54.3 cm³/mol. The molecule has 15 heavy (non-hydrogen) atoms. The van der Waals surface area contributed by atoms with Crippen LogP contribution in [-0.4, -0.2) is 20.9 Å². The maximum absolute atomic E-state index is 11.5. The Balaban J connectivity index is 2.97. The molecule has 0 radical (unpaired) electrons. The Labute approximate surface area is 95.3 Å². The molecule has 0 saturated heterocycles. The summed E-state index contributed by atoms with van der Waals surface area (Å²) >= 11 is 3.06. The molecule has 0 bridgehead atoms. The molecule has 0 heterocycles. The van der Waals surface area contributed by atoms with Crippen LogP contribution >= 0.6 is 15.9 Å². The van der Waals surface area contributed by atoms with Crippen molar-refractivity contribution >= 4 is 31.9 Å². The summed E-state index contributed by atoms with van der Waals surface area (Å²) in [4.78, 5) is 10.1. The van der Waals surface area contributed by atoms with Crippen molar-refractivity contribution in [2.75, 3.05) is 6.54 Å². The normalized spacial score (nSPS) is 11.3. The molecule has 1 N–H and O–H groups in total. The van der Waals surface area contributed by atoms with E-state index < -0.39 is 22.5 Å². The summed E-state index contributed by atoms with van der Waals surface area (Å²) in [6, 6.07) is 6.11. The molecule has 5 nitrogen and oxygen atoms in total. The third-order valence-corrected chi connectivity index (χ3v) is 3.95. The zero-order valence-electron chi connectivity index (χ0n) is 7.44. The van der Waals surface area contributed by atoms with E-state index in [1.807, 2.05) is 4.72 Å². The van der Waals surface area contributed by atoms with Crippen LogP contribution in [0.15, 0.2) is 33.6 Å². The number of aliphatic carboxylic acids is 1. The summed E-state index contributed by atoms with van der Waals surface area (Å²) < 4.78 is 25.3. The summed E-state index contributed by atoms with van der Waals surface area (Å²) in [5.74, 6) is -1.48. The lowest BCUT2D eigenvalue weighted by Gasteiger charge is -2.08. The Hall–Kier alpha value is -0.920. The van der Waals surface area contributed by atoms with Crippen LogP contribution in [0.3, 0.4) is 0 Å². The Kier molecular flexibility index (Phi) is 3.83. The van der Waals surface area contributed by atoms with E-state index in [4.69, 9.17) is 0 Å². The fraction of sp³-hybridized carbons (Fsp3) is 0.125. The van der Waals surface area contributed by atoms with Crippen LogP contribution in [0.5, 0.6) is 0 Å². The van der Waals surface area contributed by atoms with Crippen LogP contribution < -0.4 is 9.83 Å². The minimum atomic E-state index is -3.80. The average molecular weight is 293 g/mol. The van der Waals surface area contributed by atoms with Gasteiger partial charge in [-0.05, 0) is 28.1 Å². The zero-order valence-corrected chi connectivity index (χ0v) is 9.84. The van der Waals surface area contributed by atoms with Crippen LogP contribution in [0.2, 0.25) is 0 Å². The van der Waals surface area contributed by atoms with E-state index in [0.717, 1.165) is 0 Å². The molecule has 82 valence electrons. The highest BCUT2D eigenvalue weighted by atomic mass is 79.9. The first-order valence-electron chi connectivity index (χ1n) is 3.87. The first kappa shape index (κ1) is 12.2. The number of benzene rings is 1. The second-order valence-electron chi connectivity index (χ2n) is 2.63. The van der Waals surface area contributed by atoms with Crippen molar-refractivity contribution in [2.24, 2.45) is 0 Å². The summed E-state index contributed by atoms with van der Waals surface area (Å²) in [5, 5.41) is 10.1. The average Bonchev–Trinajstić information content (AvgIpc) is 2.15. The molecule has 1 aromatic carbocycles. The van der Waals surface area contributed by atoms with Crippen LogP contribution in [0.25, 0.3) is 0 Å². The molecule has 7 heteroatoms. The molecular weight excluding hydrogens is 286 g/mol. The van der Waals surface area contributed by atoms with Gasteiger partial charge in [-0.2, -0.15) is 0 Å². The molecule has 0 spiro atoms. The summed E-state index contributed by atoms with van der Waals surface area (Å²) in [6.07, 6.45) is 0. The predicted octanol–water partition coefficient (Wildman–Crippen LogP) is -0.523. The van der Waals surface area contributed by atoms with E-state index >= 15 is 0 Å². The number of hydrogen-bond donors (Lipinski definition) is 1. The van der Waals surface area contributed by atoms with Gasteiger partial charge >= 0.3 is 0 Å². The van der Waals surface area contributed by atoms with Gasteiger partial charge < -0.3 is 9.90 Å². The van der Waals surface area contributed by atoms with Gasteiger partial charge in [0.2, 0.25) is 10.0 Å². The fourth-order valence-corrected chi connectivity index (χ4v) is 2.86. The Morgan fingerprint density at radius 3 is 2.53 bits per heavy atom. The second kappa shape index (κ2) is 4.73. The Bertz CT molecular complexity index is 471. The number of carbonyl (C=O) groups excluding carboxylic acids is 1. The van der Waals surface area contributed by atoms with Crippen molar-refractivity contribution < 1.29 is 18.3 Å². The number of carboxylic acids is 1. The minimum Gasteiger partial charge on any atom is -0.549 e. The van der Waals surface area contributed by atoms with Crippen LogP contribution in [0.4, 0.5) is 0 Å². The second-order valence-corrected chi connectivity index (χ2v) is 5.22. The monoisotopic (exact) mass is 292 g/mol. The third kappa shape index (κ3) is 3.29. The molecule has 0 aliphatic rings. The van der Waals surface area contributed by atoms with Crippen molar-refractivity contribution in [2.45, 2.75) is 4.90 Å². The maximum atomic E-state index is 11.5. The molecule has 0 aliphatic heterocycles. The lowest BCUT2D eigenvalue weighted by molar-refractivity contribution is -0.303. The SMILES string of the molecule is O=C([O-])CNS(=O)(=O)c1ccccc1Br. The van der Waals surface area contributed by atoms with Crippen molar-refractivity contribution in [1.82, 2.24) is 4.72 Å². The summed E-state index contributed by atoms with van der Waals surface area (Å²) in [7, 11) is -3.80. The quantitative estimate of drug-likeness (QED) is 0.809. The molecule has 0 aromatic heterocycles. The smallest absolute Gasteiger partial charge is 0.242 e. The van der Waals surface area contributed by atoms with E-state index in [1.165, 1.54) is 6.07 Å². The number of sulfonamides is 1. The standard InChI is InChI=1S/C8H8BrNO4S/c9-6-3-1-2-4-7(6)15(13,14)10-5-8(11)12/h1-4,10H,5H2,(H,11,12)/p-1. The topological polar surface area (TPSA) is 86.3 Å². The van der Waals surface area contributed by atoms with Gasteiger partial charge in [0.05, 0.1) is 17.4 Å². The van der Waals surface area contributed by atoms with Gasteiger partial charge in [0.15, 0.2) is 0 Å². The van der Waals surface area contributed by atoms with Gasteiger partial charge in [0.25, 0.3) is 0 Å². The van der Waals surface area contributed by atoms with Gasteiger partial charge in [-0.1, -0.05) is 12.1 Å². The number of hydrogen-bond acceptors (Lipinski definition) is 4. The van der Waals surface area contributed by atoms with Crippen LogP contribution in [0.1, 0.15) is 0 Å². The number of nitrogens with one attached hydrogen (secondary N) is 1. The highest BCUT2D eigenvalue weighted by Crippen LogP contribution is 2.20. The van der Waals surface area contributed by atoms with E-state index in [9.17, 15) is 18.3 Å². The van der Waals surface area contributed by atoms with Crippen molar-refractivity contribution in [3.05, 3.63) is 28.7 Å². The van der Waals surface area contributed by atoms with Crippen LogP contribution in [0, 0.1) is 0 Å². The van der Waals surface area contributed by atoms with E-state index in [1.54, 1.807) is 18.2 Å². The number of carbonyl (C=O) groups is 1. The number of carboxylic acid groups (broad SMARTS) is 1. The van der Waals surface area contributed by atoms with Gasteiger partial charge in [-0.3, -0.25) is 0 Å². The zero-order chi connectivity index (χ0) is 11.5. The summed E-state index contributed by atoms with van der Waals surface area (Å²) in [5.41, 5.74) is 0. The van der Waals surface area contributed by atoms with Gasteiger partial charge in [0, 0.05) is 4.47 Å². The minimum absolute atomic E-state index is 0.00810. The molecule has 0 aliphatic carbocycles. The molecule has 0 atom stereocenters. The van der Waals surface area contributed by atoms with Gasteiger partial charge in [-0.25, -0.2) is 13.1 Å². The van der Waals surface area contributed by atoms with Crippen LogP contribution in [-0.2, 0) is 14.8 Å². The largest absolute Gasteiger partial charge is 0.549 e. The molecule has 1 aromatic rings. The molecule has 0 fully saturated rings. The first-order chi connectivity index (χ1) is 6.93. The number of rotatable bonds is 4. The van der Waals surface area contributed by atoms with E-state index in [-0.39, 0.29) is 4.90 Å². The van der Waals surface area contributed by atoms with E-state index in [2.05, 4.69) is 15.9 Å². The Morgan fingerprint density at radius 2 is 2.00 bits per heavy atom. The van der Waals surface area contributed by atoms with Gasteiger partial charge in [-0.15, -0.1) is 0 Å². The highest BCUT2D eigenvalue weighted by Gasteiger charge is 2.15. The molecular formula is C8H7BrNO4S-. The third-order valence-electron chi connectivity index (χ3n) is 1.53. The fourth-order valence-electron chi connectivity index (χ4n) is 0.894. The van der Waals surface area contributed by atoms with Crippen molar-refractivity contribution in [1.29, 1.82) is 0 Å². The lowest BCUT2D eigenvalue weighted by Crippen LogP contribution is -2.37. The molecule has 0 amide bonds. The number of halogens is 1. The molecule has 1 rings (SSSR count). The Morgan fingerprint density at radius 1 is 1.40 bits per heavy atom. The molecule has 0 unspecified atom stereocenters. The summed E-state index contributed by atoms with van der Waals surface area (Å²) in [6.45, 7) is -0.746. The van der Waals surface area contributed by atoms with Crippen molar-refractivity contribution in [3.63, 3.8) is 0 Å². The molecule has 0 saturated carbocycles. The first-order valence-corrected chi connectivity index (χ1v) is 6.15. The highest BCUT2D eigenvalue weighted by molar-refractivity contribution is 9.10.